The van der Waals surface area contributed by atoms with Gasteiger partial charge in [0.25, 0.3) is 0 Å². The number of ether oxygens (including phenoxy) is 2. The first-order valence-corrected chi connectivity index (χ1v) is 4.30. The highest BCUT2D eigenvalue weighted by Gasteiger charge is 2.13. The maximum absolute atomic E-state index is 10.8. The van der Waals surface area contributed by atoms with E-state index in [1.807, 2.05) is 13.8 Å². The molecular weight excluding hydrogens is 156 g/mol. The minimum atomic E-state index is -0.169. The second-order valence-electron chi connectivity index (χ2n) is 3.05. The normalized spacial score (nSPS) is 13.1. The molecule has 0 amide bonds. The number of rotatable bonds is 5. The third-order valence-corrected chi connectivity index (χ3v) is 1.74. The van der Waals surface area contributed by atoms with Crippen LogP contribution in [0, 0.1) is 5.92 Å². The van der Waals surface area contributed by atoms with Gasteiger partial charge in [0.1, 0.15) is 6.61 Å². The Morgan fingerprint density at radius 3 is 2.33 bits per heavy atom. The molecule has 0 aliphatic carbocycles. The van der Waals surface area contributed by atoms with E-state index in [0.717, 1.165) is 0 Å². The highest BCUT2D eigenvalue weighted by atomic mass is 16.6. The fraction of sp³-hybridized carbons (Fsp3) is 0.889. The zero-order chi connectivity index (χ0) is 9.56. The molecule has 0 aromatic carbocycles. The predicted molar refractivity (Wildman–Crippen MR) is 46.9 cm³/mol. The Hall–Kier alpha value is -0.570. The first-order chi connectivity index (χ1) is 5.61. The molecule has 0 aliphatic heterocycles. The first kappa shape index (κ1) is 11.4. The molecule has 72 valence electrons. The molecule has 1 atom stereocenters. The summed E-state index contributed by atoms with van der Waals surface area (Å²) in [5.41, 5.74) is 0. The van der Waals surface area contributed by atoms with E-state index in [1.54, 1.807) is 14.0 Å². The number of carbonyl (C=O) groups is 1. The molecule has 1 unspecified atom stereocenters. The summed E-state index contributed by atoms with van der Waals surface area (Å²) in [5.74, 6) is 0.206. The van der Waals surface area contributed by atoms with Crippen LogP contribution < -0.4 is 0 Å². The molecular formula is C9H18O3. The molecule has 0 radical (unpaired) electrons. The molecule has 0 saturated carbocycles. The summed E-state index contributed by atoms with van der Waals surface area (Å²) in [6.45, 7) is 6.21. The Bertz CT molecular complexity index is 132. The number of esters is 1. The summed E-state index contributed by atoms with van der Waals surface area (Å²) >= 11 is 0. The zero-order valence-corrected chi connectivity index (χ0v) is 8.29. The SMILES string of the molecule is CCC(=O)OCC(OC)C(C)C. The smallest absolute Gasteiger partial charge is 0.305 e. The van der Waals surface area contributed by atoms with Crippen molar-refractivity contribution in [3.05, 3.63) is 0 Å². The van der Waals surface area contributed by atoms with Gasteiger partial charge in [-0.2, -0.15) is 0 Å². The maximum atomic E-state index is 10.8. The van der Waals surface area contributed by atoms with Crippen LogP contribution in [0.25, 0.3) is 0 Å². The highest BCUT2D eigenvalue weighted by molar-refractivity contribution is 5.68. The molecule has 12 heavy (non-hydrogen) atoms. The largest absolute Gasteiger partial charge is 0.463 e. The summed E-state index contributed by atoms with van der Waals surface area (Å²) in [6, 6.07) is 0. The average Bonchev–Trinajstić information content (AvgIpc) is 2.04. The molecule has 0 bridgehead atoms. The van der Waals surface area contributed by atoms with Crippen molar-refractivity contribution >= 4 is 5.97 Å². The van der Waals surface area contributed by atoms with Gasteiger partial charge >= 0.3 is 5.97 Å². The van der Waals surface area contributed by atoms with Crippen LogP contribution in [0.3, 0.4) is 0 Å². The van der Waals surface area contributed by atoms with Crippen molar-refractivity contribution < 1.29 is 14.3 Å². The van der Waals surface area contributed by atoms with Crippen LogP contribution in [0.2, 0.25) is 0 Å². The minimum Gasteiger partial charge on any atom is -0.463 e. The van der Waals surface area contributed by atoms with E-state index in [-0.39, 0.29) is 12.1 Å². The van der Waals surface area contributed by atoms with Crippen LogP contribution in [-0.2, 0) is 14.3 Å². The second-order valence-corrected chi connectivity index (χ2v) is 3.05. The van der Waals surface area contributed by atoms with Crippen molar-refractivity contribution in [1.82, 2.24) is 0 Å². The van der Waals surface area contributed by atoms with Gasteiger partial charge in [-0.1, -0.05) is 20.8 Å². The van der Waals surface area contributed by atoms with E-state index in [2.05, 4.69) is 0 Å². The predicted octanol–water partition coefficient (Wildman–Crippen LogP) is 1.61. The summed E-state index contributed by atoms with van der Waals surface area (Å²) in [6.07, 6.45) is 0.439. The van der Waals surface area contributed by atoms with Gasteiger partial charge in [0.2, 0.25) is 0 Å². The van der Waals surface area contributed by atoms with Crippen molar-refractivity contribution in [1.29, 1.82) is 0 Å². The highest BCUT2D eigenvalue weighted by Crippen LogP contribution is 2.05. The fourth-order valence-electron chi connectivity index (χ4n) is 0.810. The van der Waals surface area contributed by atoms with Crippen LogP contribution in [0.1, 0.15) is 27.2 Å². The Balaban J connectivity index is 3.65. The Morgan fingerprint density at radius 1 is 1.42 bits per heavy atom. The maximum Gasteiger partial charge on any atom is 0.305 e. The molecule has 0 rings (SSSR count). The van der Waals surface area contributed by atoms with Gasteiger partial charge in [0.05, 0.1) is 6.10 Å². The Morgan fingerprint density at radius 2 is 2.00 bits per heavy atom. The number of hydrogen-bond donors (Lipinski definition) is 0. The molecule has 0 spiro atoms. The second kappa shape index (κ2) is 6.00. The summed E-state index contributed by atoms with van der Waals surface area (Å²) in [7, 11) is 1.63. The van der Waals surface area contributed by atoms with E-state index < -0.39 is 0 Å². The van der Waals surface area contributed by atoms with Gasteiger partial charge in [0, 0.05) is 13.5 Å². The van der Waals surface area contributed by atoms with Gasteiger partial charge in [-0.25, -0.2) is 0 Å². The first-order valence-electron chi connectivity index (χ1n) is 4.30. The lowest BCUT2D eigenvalue weighted by atomic mass is 10.1. The number of hydrogen-bond acceptors (Lipinski definition) is 3. The third kappa shape index (κ3) is 4.34. The van der Waals surface area contributed by atoms with Crippen molar-refractivity contribution in [2.24, 2.45) is 5.92 Å². The van der Waals surface area contributed by atoms with Crippen molar-refractivity contribution in [2.45, 2.75) is 33.3 Å². The molecule has 0 aromatic rings. The quantitative estimate of drug-likeness (QED) is 0.594. The molecule has 0 saturated heterocycles. The van der Waals surface area contributed by atoms with E-state index in [4.69, 9.17) is 9.47 Å². The monoisotopic (exact) mass is 174 g/mol. The summed E-state index contributed by atoms with van der Waals surface area (Å²) in [5, 5.41) is 0. The van der Waals surface area contributed by atoms with Crippen LogP contribution >= 0.6 is 0 Å². The van der Waals surface area contributed by atoms with Crippen LogP contribution in [-0.4, -0.2) is 25.8 Å². The molecule has 0 aliphatic rings. The Labute approximate surface area is 74.0 Å². The molecule has 0 fully saturated rings. The van der Waals surface area contributed by atoms with E-state index >= 15 is 0 Å². The van der Waals surface area contributed by atoms with Crippen molar-refractivity contribution in [3.8, 4) is 0 Å². The molecule has 3 heteroatoms. The lowest BCUT2D eigenvalue weighted by Crippen LogP contribution is -2.25. The topological polar surface area (TPSA) is 35.5 Å². The van der Waals surface area contributed by atoms with Crippen LogP contribution in [0.5, 0.6) is 0 Å². The zero-order valence-electron chi connectivity index (χ0n) is 8.29. The molecule has 3 nitrogen and oxygen atoms in total. The minimum absolute atomic E-state index is 0.0144. The van der Waals surface area contributed by atoms with Gasteiger partial charge in [0.15, 0.2) is 0 Å². The van der Waals surface area contributed by atoms with Crippen molar-refractivity contribution in [3.63, 3.8) is 0 Å². The van der Waals surface area contributed by atoms with Crippen LogP contribution in [0.4, 0.5) is 0 Å². The number of methoxy groups -OCH3 is 1. The third-order valence-electron chi connectivity index (χ3n) is 1.74. The van der Waals surface area contributed by atoms with Gasteiger partial charge in [-0.15, -0.1) is 0 Å². The molecule has 0 N–H and O–H groups in total. The standard InChI is InChI=1S/C9H18O3/c1-5-9(10)12-6-8(11-4)7(2)3/h7-8H,5-6H2,1-4H3. The van der Waals surface area contributed by atoms with Gasteiger partial charge in [-0.3, -0.25) is 4.79 Å². The van der Waals surface area contributed by atoms with Gasteiger partial charge < -0.3 is 9.47 Å². The Kier molecular flexibility index (Phi) is 5.72. The van der Waals surface area contributed by atoms with Crippen molar-refractivity contribution in [2.75, 3.05) is 13.7 Å². The fourth-order valence-corrected chi connectivity index (χ4v) is 0.810. The van der Waals surface area contributed by atoms with E-state index in [0.29, 0.717) is 18.9 Å². The van der Waals surface area contributed by atoms with E-state index in [9.17, 15) is 4.79 Å². The lowest BCUT2D eigenvalue weighted by Gasteiger charge is -2.18. The molecule has 0 aromatic heterocycles. The van der Waals surface area contributed by atoms with Crippen LogP contribution in [0.15, 0.2) is 0 Å². The average molecular weight is 174 g/mol. The summed E-state index contributed by atoms with van der Waals surface area (Å²) in [4.78, 5) is 10.8. The number of carbonyl (C=O) groups excluding carboxylic acids is 1. The van der Waals surface area contributed by atoms with Gasteiger partial charge in [-0.05, 0) is 5.92 Å². The lowest BCUT2D eigenvalue weighted by molar-refractivity contribution is -0.147. The van der Waals surface area contributed by atoms with E-state index in [1.165, 1.54) is 0 Å². The summed E-state index contributed by atoms with van der Waals surface area (Å²) < 4.78 is 10.1. The molecule has 0 heterocycles.